The molecule has 0 radical (unpaired) electrons. The smallest absolute Gasteiger partial charge is 0.339 e. The second-order valence-electron chi connectivity index (χ2n) is 8.48. The monoisotopic (exact) mass is 445 g/mol. The molecule has 1 unspecified atom stereocenters. The topological polar surface area (TPSA) is 87.1 Å². The molecule has 4 rings (SSSR count). The molecule has 3 aromatic rings. The molecule has 0 fully saturated rings. The second kappa shape index (κ2) is 9.36. The lowest BCUT2D eigenvalue weighted by Crippen LogP contribution is -2.35. The van der Waals surface area contributed by atoms with Gasteiger partial charge in [0.15, 0.2) is 0 Å². The summed E-state index contributed by atoms with van der Waals surface area (Å²) in [5, 5.41) is 19.4. The molecule has 170 valence electrons. The fraction of sp³-hybridized carbons (Fsp3) is 0.259. The van der Waals surface area contributed by atoms with Crippen molar-refractivity contribution in [3.8, 4) is 11.5 Å². The lowest BCUT2D eigenvalue weighted by molar-refractivity contribution is -0.120. The second-order valence-corrected chi connectivity index (χ2v) is 8.48. The summed E-state index contributed by atoms with van der Waals surface area (Å²) in [4.78, 5) is 25.7. The van der Waals surface area contributed by atoms with E-state index in [1.54, 1.807) is 35.2 Å². The summed E-state index contributed by atoms with van der Waals surface area (Å²) in [7, 11) is 0. The van der Waals surface area contributed by atoms with Crippen LogP contribution in [0.2, 0.25) is 0 Å². The van der Waals surface area contributed by atoms with Gasteiger partial charge in [0.25, 0.3) is 0 Å². The third-order valence-corrected chi connectivity index (χ3v) is 6.15. The highest BCUT2D eigenvalue weighted by molar-refractivity contribution is 5.91. The molecule has 0 aliphatic carbocycles. The third kappa shape index (κ3) is 4.70. The van der Waals surface area contributed by atoms with Crippen LogP contribution in [0, 0.1) is 13.8 Å². The number of aromatic hydroxyl groups is 1. The highest BCUT2D eigenvalue weighted by Crippen LogP contribution is 2.39. The Hall–Kier alpha value is -3.80. The van der Waals surface area contributed by atoms with Gasteiger partial charge in [-0.2, -0.15) is 0 Å². The quantitative estimate of drug-likeness (QED) is 0.526. The van der Waals surface area contributed by atoms with E-state index in [4.69, 9.17) is 4.74 Å². The van der Waals surface area contributed by atoms with Crippen LogP contribution in [0.5, 0.6) is 11.5 Å². The highest BCUT2D eigenvalue weighted by Gasteiger charge is 2.31. The SMILES string of the molecule is Cc1ccc(C2c3cc(OCCc4cccc(O)c4)c(C(=O)O)cc3CCN2C=O)c(C)c1. The predicted molar refractivity (Wildman–Crippen MR) is 125 cm³/mol. The first-order valence-corrected chi connectivity index (χ1v) is 11.0. The molecule has 1 amide bonds. The van der Waals surface area contributed by atoms with E-state index in [1.165, 1.54) is 0 Å². The number of aryl methyl sites for hydroxylation is 2. The first-order valence-electron chi connectivity index (χ1n) is 11.0. The number of phenolic OH excluding ortho intramolecular Hbond substituents is 1. The number of phenols is 1. The molecule has 1 aliphatic heterocycles. The number of amides is 1. The Morgan fingerprint density at radius 1 is 1.12 bits per heavy atom. The van der Waals surface area contributed by atoms with Gasteiger partial charge in [0, 0.05) is 13.0 Å². The van der Waals surface area contributed by atoms with Crippen LogP contribution >= 0.6 is 0 Å². The van der Waals surface area contributed by atoms with Crippen LogP contribution in [-0.2, 0) is 17.6 Å². The Bertz CT molecular complexity index is 1200. The van der Waals surface area contributed by atoms with Crippen molar-refractivity contribution >= 4 is 12.4 Å². The van der Waals surface area contributed by atoms with E-state index >= 15 is 0 Å². The number of aromatic carboxylic acids is 1. The number of carboxylic acids is 1. The van der Waals surface area contributed by atoms with Gasteiger partial charge in [-0.1, -0.05) is 35.9 Å². The van der Waals surface area contributed by atoms with E-state index in [-0.39, 0.29) is 29.7 Å². The maximum absolute atomic E-state index is 12.0. The maximum atomic E-state index is 12.0. The number of carboxylic acid groups (broad SMARTS) is 1. The average Bonchev–Trinajstić information content (AvgIpc) is 2.78. The molecule has 1 atom stereocenters. The van der Waals surface area contributed by atoms with E-state index in [0.29, 0.717) is 19.4 Å². The Balaban J connectivity index is 1.71. The number of ether oxygens (including phenoxy) is 1. The standard InChI is InChI=1S/C27H27NO5/c1-17-6-7-22(18(2)12-17)26-23-15-25(33-11-9-19-4-3-5-21(30)13-19)24(27(31)32)14-20(23)8-10-28(26)16-29/h3-7,12-16,26,30H,8-11H2,1-2H3,(H,31,32). The van der Waals surface area contributed by atoms with Crippen molar-refractivity contribution in [3.05, 3.63) is 93.5 Å². The fourth-order valence-electron chi connectivity index (χ4n) is 4.54. The zero-order chi connectivity index (χ0) is 23.5. The van der Waals surface area contributed by atoms with Crippen molar-refractivity contribution in [2.24, 2.45) is 0 Å². The van der Waals surface area contributed by atoms with E-state index in [1.807, 2.05) is 32.0 Å². The van der Waals surface area contributed by atoms with Crippen LogP contribution in [0.3, 0.4) is 0 Å². The number of nitrogens with zero attached hydrogens (tertiary/aromatic N) is 1. The van der Waals surface area contributed by atoms with Gasteiger partial charge in [-0.25, -0.2) is 4.79 Å². The van der Waals surface area contributed by atoms with Gasteiger partial charge in [-0.3, -0.25) is 4.79 Å². The number of carbonyl (C=O) groups excluding carboxylic acids is 1. The minimum absolute atomic E-state index is 0.114. The normalized spacial score (nSPS) is 15.1. The van der Waals surface area contributed by atoms with Crippen molar-refractivity contribution < 1.29 is 24.5 Å². The summed E-state index contributed by atoms with van der Waals surface area (Å²) in [6.45, 7) is 4.83. The van der Waals surface area contributed by atoms with E-state index < -0.39 is 5.97 Å². The number of benzene rings is 3. The number of rotatable bonds is 7. The number of fused-ring (bicyclic) bond motifs is 1. The highest BCUT2D eigenvalue weighted by atomic mass is 16.5. The van der Waals surface area contributed by atoms with Gasteiger partial charge in [-0.15, -0.1) is 0 Å². The van der Waals surface area contributed by atoms with Crippen LogP contribution in [0.25, 0.3) is 0 Å². The predicted octanol–water partition coefficient (Wildman–Crippen LogP) is 4.43. The molecule has 0 aromatic heterocycles. The Kier molecular flexibility index (Phi) is 6.36. The molecule has 1 aliphatic rings. The van der Waals surface area contributed by atoms with Gasteiger partial charge in [0.1, 0.15) is 17.1 Å². The Labute approximate surface area is 193 Å². The molecule has 6 nitrogen and oxygen atoms in total. The van der Waals surface area contributed by atoms with Gasteiger partial charge in [0.05, 0.1) is 12.6 Å². The third-order valence-electron chi connectivity index (χ3n) is 6.15. The van der Waals surface area contributed by atoms with Gasteiger partial charge >= 0.3 is 5.97 Å². The van der Waals surface area contributed by atoms with E-state index in [9.17, 15) is 19.8 Å². The first kappa shape index (κ1) is 22.4. The van der Waals surface area contributed by atoms with Gasteiger partial charge in [-0.05, 0) is 72.4 Å². The van der Waals surface area contributed by atoms with E-state index in [2.05, 4.69) is 6.07 Å². The minimum Gasteiger partial charge on any atom is -0.508 e. The summed E-state index contributed by atoms with van der Waals surface area (Å²) >= 11 is 0. The molecule has 6 heteroatoms. The molecular formula is C27H27NO5. The molecule has 2 N–H and O–H groups in total. The Morgan fingerprint density at radius 2 is 1.94 bits per heavy atom. The summed E-state index contributed by atoms with van der Waals surface area (Å²) in [6, 6.07) is 16.2. The van der Waals surface area contributed by atoms with Crippen LogP contribution in [0.4, 0.5) is 0 Å². The lowest BCUT2D eigenvalue weighted by atomic mass is 9.85. The largest absolute Gasteiger partial charge is 0.508 e. The van der Waals surface area contributed by atoms with Crippen LogP contribution in [0.1, 0.15) is 49.8 Å². The molecular weight excluding hydrogens is 418 g/mol. The molecule has 0 saturated carbocycles. The minimum atomic E-state index is -1.05. The zero-order valence-electron chi connectivity index (χ0n) is 18.7. The molecule has 1 heterocycles. The number of hydrogen-bond acceptors (Lipinski definition) is 4. The summed E-state index contributed by atoms with van der Waals surface area (Å²) < 4.78 is 5.94. The van der Waals surface area contributed by atoms with Crippen LogP contribution in [-0.4, -0.2) is 40.6 Å². The summed E-state index contributed by atoms with van der Waals surface area (Å²) in [5.41, 5.74) is 6.04. The van der Waals surface area contributed by atoms with Gasteiger partial charge < -0.3 is 19.8 Å². The van der Waals surface area contributed by atoms with Crippen LogP contribution < -0.4 is 4.74 Å². The maximum Gasteiger partial charge on any atom is 0.339 e. The van der Waals surface area contributed by atoms with Gasteiger partial charge in [0.2, 0.25) is 6.41 Å². The van der Waals surface area contributed by atoms with Crippen LogP contribution in [0.15, 0.2) is 54.6 Å². The van der Waals surface area contributed by atoms with Crippen molar-refractivity contribution in [3.63, 3.8) is 0 Å². The van der Waals surface area contributed by atoms with E-state index in [0.717, 1.165) is 39.8 Å². The number of carbonyl (C=O) groups is 2. The molecule has 0 bridgehead atoms. The number of hydrogen-bond donors (Lipinski definition) is 2. The molecule has 33 heavy (non-hydrogen) atoms. The zero-order valence-corrected chi connectivity index (χ0v) is 18.7. The van der Waals surface area contributed by atoms with Crippen molar-refractivity contribution in [1.29, 1.82) is 0 Å². The molecule has 3 aromatic carbocycles. The molecule has 0 saturated heterocycles. The average molecular weight is 446 g/mol. The summed E-state index contributed by atoms with van der Waals surface area (Å²) in [5.74, 6) is -0.590. The lowest BCUT2D eigenvalue weighted by Gasteiger charge is -2.36. The van der Waals surface area contributed by atoms with Crippen molar-refractivity contribution in [2.75, 3.05) is 13.2 Å². The summed E-state index contributed by atoms with van der Waals surface area (Å²) in [6.07, 6.45) is 1.96. The fourth-order valence-corrected chi connectivity index (χ4v) is 4.54. The van der Waals surface area contributed by atoms with Crippen molar-refractivity contribution in [2.45, 2.75) is 32.7 Å². The Morgan fingerprint density at radius 3 is 2.64 bits per heavy atom. The van der Waals surface area contributed by atoms with Crippen molar-refractivity contribution in [1.82, 2.24) is 4.90 Å². The molecule has 0 spiro atoms. The first-order chi connectivity index (χ1) is 15.9.